The summed E-state index contributed by atoms with van der Waals surface area (Å²) >= 11 is 12.5. The molecule has 0 aromatic heterocycles. The van der Waals surface area contributed by atoms with Crippen molar-refractivity contribution >= 4 is 40.9 Å². The normalized spacial score (nSPS) is 11.0. The fourth-order valence-corrected chi connectivity index (χ4v) is 3.69. The monoisotopic (exact) mass is 494 g/mol. The van der Waals surface area contributed by atoms with Crippen LogP contribution in [0, 0.1) is 32.1 Å². The third kappa shape index (κ3) is 6.11. The predicted octanol–water partition coefficient (Wildman–Crippen LogP) is 7.05. The van der Waals surface area contributed by atoms with Crippen LogP contribution in [0.5, 0.6) is 11.5 Å². The lowest BCUT2D eigenvalue weighted by Gasteiger charge is -2.14. The van der Waals surface area contributed by atoms with Crippen molar-refractivity contribution in [2.75, 3.05) is 12.4 Å². The van der Waals surface area contributed by atoms with Crippen LogP contribution in [0.25, 0.3) is 6.08 Å². The number of anilines is 1. The zero-order valence-electron chi connectivity index (χ0n) is 19.3. The third-order valence-corrected chi connectivity index (χ3v) is 5.85. The summed E-state index contributed by atoms with van der Waals surface area (Å²) in [7, 11) is 1.50. The Morgan fingerprint density at radius 1 is 1.03 bits per heavy atom. The molecule has 0 unspecified atom stereocenters. The number of hydrogen-bond acceptors (Lipinski definition) is 4. The SMILES string of the molecule is COc1cc(/C=C(\C#N)C(=O)Nc2cc(Cl)ccc2C)cc(Cl)c1OCc1ccc(C)c(C)c1. The number of halogens is 2. The summed E-state index contributed by atoms with van der Waals surface area (Å²) in [6, 6.07) is 16.5. The number of carbonyl (C=O) groups is 1. The molecule has 1 amide bonds. The van der Waals surface area contributed by atoms with Gasteiger partial charge in [0.15, 0.2) is 11.5 Å². The summed E-state index contributed by atoms with van der Waals surface area (Å²) in [5.41, 5.74) is 5.17. The summed E-state index contributed by atoms with van der Waals surface area (Å²) in [6.07, 6.45) is 1.44. The molecule has 0 aliphatic heterocycles. The summed E-state index contributed by atoms with van der Waals surface area (Å²) in [6.45, 7) is 6.25. The van der Waals surface area contributed by atoms with Crippen LogP contribution in [-0.4, -0.2) is 13.0 Å². The predicted molar refractivity (Wildman–Crippen MR) is 137 cm³/mol. The molecule has 174 valence electrons. The number of nitriles is 1. The first kappa shape index (κ1) is 25.2. The molecule has 3 rings (SSSR count). The maximum absolute atomic E-state index is 12.7. The van der Waals surface area contributed by atoms with Gasteiger partial charge >= 0.3 is 0 Å². The quantitative estimate of drug-likeness (QED) is 0.282. The van der Waals surface area contributed by atoms with Gasteiger partial charge in [0.1, 0.15) is 18.2 Å². The number of ether oxygens (including phenoxy) is 2. The molecule has 34 heavy (non-hydrogen) atoms. The second-order valence-electron chi connectivity index (χ2n) is 7.82. The molecule has 7 heteroatoms. The Labute approximate surface area is 209 Å². The topological polar surface area (TPSA) is 71.3 Å². The summed E-state index contributed by atoms with van der Waals surface area (Å²) in [5.74, 6) is 0.223. The average molecular weight is 495 g/mol. The number of amides is 1. The van der Waals surface area contributed by atoms with Crippen molar-refractivity contribution in [3.05, 3.63) is 92.0 Å². The van der Waals surface area contributed by atoms with Crippen LogP contribution >= 0.6 is 23.2 Å². The van der Waals surface area contributed by atoms with E-state index in [0.29, 0.717) is 39.4 Å². The van der Waals surface area contributed by atoms with E-state index in [1.807, 2.05) is 32.0 Å². The zero-order valence-corrected chi connectivity index (χ0v) is 20.8. The van der Waals surface area contributed by atoms with E-state index in [-0.39, 0.29) is 5.57 Å². The van der Waals surface area contributed by atoms with Gasteiger partial charge in [0.05, 0.1) is 12.1 Å². The van der Waals surface area contributed by atoms with Crippen molar-refractivity contribution in [2.45, 2.75) is 27.4 Å². The van der Waals surface area contributed by atoms with E-state index in [1.54, 1.807) is 30.3 Å². The number of nitrogens with zero attached hydrogens (tertiary/aromatic N) is 1. The van der Waals surface area contributed by atoms with Crippen molar-refractivity contribution in [3.8, 4) is 17.6 Å². The molecule has 0 bridgehead atoms. The first-order valence-corrected chi connectivity index (χ1v) is 11.2. The zero-order chi connectivity index (χ0) is 24.8. The first-order valence-electron chi connectivity index (χ1n) is 10.5. The molecule has 0 spiro atoms. The van der Waals surface area contributed by atoms with Gasteiger partial charge in [-0.25, -0.2) is 0 Å². The fourth-order valence-electron chi connectivity index (χ4n) is 3.25. The highest BCUT2D eigenvalue weighted by Gasteiger charge is 2.15. The molecule has 3 aromatic carbocycles. The molecule has 5 nitrogen and oxygen atoms in total. The number of rotatable bonds is 7. The molecular formula is C27H24Cl2N2O3. The molecule has 0 heterocycles. The molecule has 0 fully saturated rings. The standard InChI is InChI=1S/C27H24Cl2N2O3/c1-16-5-7-19(9-18(16)3)15-34-26-23(29)11-20(12-25(26)33-4)10-21(14-30)27(32)31-24-13-22(28)8-6-17(24)2/h5-13H,15H2,1-4H3,(H,31,32)/b21-10+. The molecule has 3 aromatic rings. The Hall–Kier alpha value is -3.46. The van der Waals surface area contributed by atoms with Gasteiger partial charge in [-0.2, -0.15) is 5.26 Å². The van der Waals surface area contributed by atoms with E-state index < -0.39 is 5.91 Å². The summed E-state index contributed by atoms with van der Waals surface area (Å²) < 4.78 is 11.4. The van der Waals surface area contributed by atoms with Gasteiger partial charge in [0, 0.05) is 10.7 Å². The fraction of sp³-hybridized carbons (Fsp3) is 0.185. The number of carbonyl (C=O) groups excluding carboxylic acids is 1. The summed E-state index contributed by atoms with van der Waals surface area (Å²) in [4.78, 5) is 12.7. The van der Waals surface area contributed by atoms with Crippen LogP contribution < -0.4 is 14.8 Å². The molecule has 0 saturated heterocycles. The summed E-state index contributed by atoms with van der Waals surface area (Å²) in [5, 5.41) is 13.1. The molecule has 0 aliphatic carbocycles. The highest BCUT2D eigenvalue weighted by atomic mass is 35.5. The molecule has 0 radical (unpaired) electrons. The average Bonchev–Trinajstić information content (AvgIpc) is 2.80. The number of aryl methyl sites for hydroxylation is 3. The van der Waals surface area contributed by atoms with Crippen molar-refractivity contribution in [1.82, 2.24) is 0 Å². The van der Waals surface area contributed by atoms with Crippen molar-refractivity contribution in [1.29, 1.82) is 5.26 Å². The van der Waals surface area contributed by atoms with Crippen molar-refractivity contribution in [3.63, 3.8) is 0 Å². The first-order chi connectivity index (χ1) is 16.2. The molecule has 1 N–H and O–H groups in total. The van der Waals surface area contributed by atoms with Gasteiger partial charge in [0.25, 0.3) is 5.91 Å². The van der Waals surface area contributed by atoms with Gasteiger partial charge in [-0.1, -0.05) is 47.5 Å². The van der Waals surface area contributed by atoms with Crippen LogP contribution in [0.4, 0.5) is 5.69 Å². The van der Waals surface area contributed by atoms with Crippen LogP contribution in [-0.2, 0) is 11.4 Å². The maximum atomic E-state index is 12.7. The Balaban J connectivity index is 1.83. The number of benzene rings is 3. The maximum Gasteiger partial charge on any atom is 0.266 e. The Morgan fingerprint density at radius 2 is 1.76 bits per heavy atom. The third-order valence-electron chi connectivity index (χ3n) is 5.33. The van der Waals surface area contributed by atoms with E-state index >= 15 is 0 Å². The second-order valence-corrected chi connectivity index (χ2v) is 8.67. The molecule has 0 aliphatic rings. The second kappa shape index (κ2) is 11.1. The minimum atomic E-state index is -0.557. The highest BCUT2D eigenvalue weighted by molar-refractivity contribution is 6.32. The van der Waals surface area contributed by atoms with Crippen LogP contribution in [0.1, 0.15) is 27.8 Å². The Kier molecular flexibility index (Phi) is 8.22. The lowest BCUT2D eigenvalue weighted by molar-refractivity contribution is -0.112. The van der Waals surface area contributed by atoms with Gasteiger partial charge in [0.2, 0.25) is 0 Å². The van der Waals surface area contributed by atoms with E-state index in [2.05, 4.69) is 18.3 Å². The van der Waals surface area contributed by atoms with Crippen LogP contribution in [0.15, 0.2) is 54.1 Å². The van der Waals surface area contributed by atoms with Crippen LogP contribution in [0.3, 0.4) is 0 Å². The highest BCUT2D eigenvalue weighted by Crippen LogP contribution is 2.37. The number of nitrogens with one attached hydrogen (secondary N) is 1. The molecule has 0 atom stereocenters. The lowest BCUT2D eigenvalue weighted by Crippen LogP contribution is -2.14. The van der Waals surface area contributed by atoms with Crippen molar-refractivity contribution in [2.24, 2.45) is 0 Å². The molecular weight excluding hydrogens is 471 g/mol. The number of hydrogen-bond donors (Lipinski definition) is 1. The van der Waals surface area contributed by atoms with Crippen molar-refractivity contribution < 1.29 is 14.3 Å². The number of methoxy groups -OCH3 is 1. The smallest absolute Gasteiger partial charge is 0.266 e. The largest absolute Gasteiger partial charge is 0.493 e. The van der Waals surface area contributed by atoms with E-state index in [9.17, 15) is 10.1 Å². The minimum Gasteiger partial charge on any atom is -0.493 e. The van der Waals surface area contributed by atoms with Gasteiger partial charge in [-0.05, 0) is 78.9 Å². The lowest BCUT2D eigenvalue weighted by atomic mass is 10.1. The van der Waals surface area contributed by atoms with Gasteiger partial charge < -0.3 is 14.8 Å². The van der Waals surface area contributed by atoms with E-state index in [0.717, 1.165) is 11.1 Å². The van der Waals surface area contributed by atoms with E-state index in [4.69, 9.17) is 32.7 Å². The Bertz CT molecular complexity index is 1310. The van der Waals surface area contributed by atoms with E-state index in [1.165, 1.54) is 24.3 Å². The Morgan fingerprint density at radius 3 is 2.44 bits per heavy atom. The molecule has 0 saturated carbocycles. The van der Waals surface area contributed by atoms with Gasteiger partial charge in [-0.3, -0.25) is 4.79 Å². The minimum absolute atomic E-state index is 0.0960. The van der Waals surface area contributed by atoms with Gasteiger partial charge in [-0.15, -0.1) is 0 Å². The van der Waals surface area contributed by atoms with Crippen LogP contribution in [0.2, 0.25) is 10.0 Å².